The Morgan fingerprint density at radius 1 is 1.16 bits per heavy atom. The van der Waals surface area contributed by atoms with Crippen molar-refractivity contribution in [1.82, 2.24) is 9.80 Å². The van der Waals surface area contributed by atoms with Crippen LogP contribution in [-0.2, 0) is 0 Å². The number of carbonyl (C=O) groups is 1. The van der Waals surface area contributed by atoms with Crippen LogP contribution in [-0.4, -0.2) is 59.3 Å². The molecular weight excluding hydrogens is 393 g/mol. The van der Waals surface area contributed by atoms with Crippen LogP contribution in [0.4, 0.5) is 14.9 Å². The fourth-order valence-corrected chi connectivity index (χ4v) is 4.90. The van der Waals surface area contributed by atoms with Crippen LogP contribution in [0.2, 0.25) is 0 Å². The van der Waals surface area contributed by atoms with Gasteiger partial charge in [-0.25, -0.2) is 9.18 Å². The predicted octanol–water partition coefficient (Wildman–Crippen LogP) is 4.32. The van der Waals surface area contributed by atoms with Crippen molar-refractivity contribution in [3.8, 4) is 0 Å². The molecule has 0 saturated carbocycles. The van der Waals surface area contributed by atoms with Crippen LogP contribution >= 0.6 is 0 Å². The van der Waals surface area contributed by atoms with Crippen molar-refractivity contribution in [2.75, 3.05) is 31.6 Å². The molecule has 6 heteroatoms. The molecule has 2 heterocycles. The number of aliphatic hydroxyl groups is 1. The fourth-order valence-electron chi connectivity index (χ4n) is 4.90. The number of urea groups is 1. The molecule has 2 aliphatic heterocycles. The maximum Gasteiger partial charge on any atom is 0.321 e. The van der Waals surface area contributed by atoms with Crippen LogP contribution in [0, 0.1) is 5.82 Å². The molecule has 5 nitrogen and oxygen atoms in total. The summed E-state index contributed by atoms with van der Waals surface area (Å²) in [6.45, 7) is 4.21. The summed E-state index contributed by atoms with van der Waals surface area (Å²) in [6, 6.07) is 14.6. The van der Waals surface area contributed by atoms with E-state index in [0.717, 1.165) is 24.9 Å². The van der Waals surface area contributed by atoms with E-state index >= 15 is 0 Å². The molecule has 0 bridgehead atoms. The number of halogens is 1. The minimum absolute atomic E-state index is 0.0622. The van der Waals surface area contributed by atoms with Crippen molar-refractivity contribution in [2.24, 2.45) is 0 Å². The quantitative estimate of drug-likeness (QED) is 0.770. The number of nitrogens with zero attached hydrogens (tertiary/aromatic N) is 2. The van der Waals surface area contributed by atoms with E-state index < -0.39 is 5.82 Å². The molecule has 4 rings (SSSR count). The van der Waals surface area contributed by atoms with E-state index in [1.54, 1.807) is 23.1 Å². The molecule has 164 valence electrons. The van der Waals surface area contributed by atoms with E-state index in [2.05, 4.69) is 40.6 Å². The molecule has 2 aromatic carbocycles. The molecule has 2 aromatic rings. The number of allylic oxidation sites excluding steroid dienone is 1. The van der Waals surface area contributed by atoms with Crippen LogP contribution in [0.5, 0.6) is 0 Å². The lowest BCUT2D eigenvalue weighted by molar-refractivity contribution is -0.0585. The minimum Gasteiger partial charge on any atom is -0.395 e. The highest BCUT2D eigenvalue weighted by Gasteiger charge is 2.49. The standard InChI is InChI=1S/C25H30FN3O2/c1-2-7-18-10-12-19(13-11-18)24-22-16-28(14-5-6-15-29(22)23(24)17-30)25(31)27-21-9-4-3-8-20(21)26/h2-4,7-13,22-24,30H,5-6,14-17H2,1H3,(H,27,31)/b7-2+/t22-,23-,24+/m1/s1. The van der Waals surface area contributed by atoms with Gasteiger partial charge in [0, 0.05) is 31.1 Å². The predicted molar refractivity (Wildman–Crippen MR) is 121 cm³/mol. The lowest BCUT2D eigenvalue weighted by Crippen LogP contribution is -2.68. The maximum atomic E-state index is 14.0. The van der Waals surface area contributed by atoms with E-state index in [9.17, 15) is 14.3 Å². The number of carbonyl (C=O) groups excluding carboxylic acids is 1. The van der Waals surface area contributed by atoms with Crippen LogP contribution in [0.25, 0.3) is 6.08 Å². The Kier molecular flexibility index (Phi) is 6.68. The van der Waals surface area contributed by atoms with Crippen molar-refractivity contribution >= 4 is 17.8 Å². The molecule has 2 aliphatic rings. The lowest BCUT2D eigenvalue weighted by Gasteiger charge is -2.57. The third kappa shape index (κ3) is 4.50. The molecular formula is C25H30FN3O2. The van der Waals surface area contributed by atoms with Gasteiger partial charge in [0.15, 0.2) is 0 Å². The molecule has 2 saturated heterocycles. The highest BCUT2D eigenvalue weighted by Crippen LogP contribution is 2.42. The number of benzene rings is 2. The third-order valence-electron chi connectivity index (χ3n) is 6.45. The van der Waals surface area contributed by atoms with Crippen molar-refractivity contribution in [1.29, 1.82) is 0 Å². The van der Waals surface area contributed by atoms with Gasteiger partial charge in [-0.3, -0.25) is 4.90 Å². The first-order chi connectivity index (χ1) is 15.1. The van der Waals surface area contributed by atoms with Gasteiger partial charge in [-0.05, 0) is 49.6 Å². The summed E-state index contributed by atoms with van der Waals surface area (Å²) in [4.78, 5) is 17.1. The Morgan fingerprint density at radius 2 is 1.90 bits per heavy atom. The summed E-state index contributed by atoms with van der Waals surface area (Å²) in [5, 5.41) is 12.8. The summed E-state index contributed by atoms with van der Waals surface area (Å²) >= 11 is 0. The van der Waals surface area contributed by atoms with Crippen LogP contribution < -0.4 is 5.32 Å². The molecule has 2 fully saturated rings. The molecule has 2 amide bonds. The van der Waals surface area contributed by atoms with Crippen LogP contribution in [0.3, 0.4) is 0 Å². The van der Waals surface area contributed by atoms with Crippen LogP contribution in [0.15, 0.2) is 54.6 Å². The SMILES string of the molecule is C/C=C/c1ccc([C@@H]2[C@@H](CO)N3CCCCN(C(=O)Nc4ccccc4F)C[C@H]23)cc1. The Labute approximate surface area is 183 Å². The Bertz CT molecular complexity index is 931. The average molecular weight is 424 g/mol. The number of amides is 2. The zero-order chi connectivity index (χ0) is 21.8. The number of para-hydroxylation sites is 1. The highest BCUT2D eigenvalue weighted by atomic mass is 19.1. The first-order valence-corrected chi connectivity index (χ1v) is 11.0. The maximum absolute atomic E-state index is 14.0. The zero-order valence-electron chi connectivity index (χ0n) is 17.9. The van der Waals surface area contributed by atoms with E-state index in [1.165, 1.54) is 11.6 Å². The molecule has 0 aliphatic carbocycles. The highest BCUT2D eigenvalue weighted by molar-refractivity contribution is 5.89. The van der Waals surface area contributed by atoms with E-state index in [0.29, 0.717) is 13.1 Å². The first-order valence-electron chi connectivity index (χ1n) is 11.0. The Hall–Kier alpha value is -2.70. The normalized spacial score (nSPS) is 24.2. The van der Waals surface area contributed by atoms with Gasteiger partial charge in [0.05, 0.1) is 12.3 Å². The van der Waals surface area contributed by atoms with Gasteiger partial charge in [0.2, 0.25) is 0 Å². The number of nitrogens with one attached hydrogen (secondary N) is 1. The van der Waals surface area contributed by atoms with Gasteiger partial charge in [-0.15, -0.1) is 0 Å². The summed E-state index contributed by atoms with van der Waals surface area (Å²) < 4.78 is 14.0. The molecule has 2 N–H and O–H groups in total. The van der Waals surface area contributed by atoms with E-state index in [-0.39, 0.29) is 36.3 Å². The lowest BCUT2D eigenvalue weighted by atomic mass is 9.74. The van der Waals surface area contributed by atoms with Gasteiger partial charge >= 0.3 is 6.03 Å². The van der Waals surface area contributed by atoms with Crippen molar-refractivity contribution in [3.05, 3.63) is 71.6 Å². The Balaban J connectivity index is 1.53. The summed E-state index contributed by atoms with van der Waals surface area (Å²) in [6.07, 6.45) is 5.92. The fraction of sp³-hybridized carbons (Fsp3) is 0.400. The zero-order valence-corrected chi connectivity index (χ0v) is 17.9. The van der Waals surface area contributed by atoms with Gasteiger partial charge in [0.1, 0.15) is 5.82 Å². The van der Waals surface area contributed by atoms with Gasteiger partial charge in [-0.2, -0.15) is 0 Å². The van der Waals surface area contributed by atoms with E-state index in [1.807, 2.05) is 13.0 Å². The monoisotopic (exact) mass is 423 g/mol. The largest absolute Gasteiger partial charge is 0.395 e. The number of hydrogen-bond donors (Lipinski definition) is 2. The number of hydrogen-bond acceptors (Lipinski definition) is 3. The summed E-state index contributed by atoms with van der Waals surface area (Å²) in [7, 11) is 0. The van der Waals surface area contributed by atoms with Crippen LogP contribution in [0.1, 0.15) is 36.8 Å². The minimum atomic E-state index is -0.437. The van der Waals surface area contributed by atoms with Crippen molar-refractivity contribution in [2.45, 2.75) is 37.8 Å². The molecule has 0 spiro atoms. The van der Waals surface area contributed by atoms with Gasteiger partial charge in [-0.1, -0.05) is 48.6 Å². The molecule has 3 atom stereocenters. The molecule has 31 heavy (non-hydrogen) atoms. The van der Waals surface area contributed by atoms with Crippen molar-refractivity contribution < 1.29 is 14.3 Å². The number of aliphatic hydroxyl groups excluding tert-OH is 1. The molecule has 0 radical (unpaired) electrons. The first kappa shape index (κ1) is 21.5. The molecule has 0 aromatic heterocycles. The van der Waals surface area contributed by atoms with E-state index in [4.69, 9.17) is 0 Å². The smallest absolute Gasteiger partial charge is 0.321 e. The molecule has 0 unspecified atom stereocenters. The number of fused-ring (bicyclic) bond motifs is 1. The third-order valence-corrected chi connectivity index (χ3v) is 6.45. The number of anilines is 1. The average Bonchev–Trinajstić information content (AvgIpc) is 2.75. The van der Waals surface area contributed by atoms with Gasteiger partial charge in [0.25, 0.3) is 0 Å². The second-order valence-corrected chi connectivity index (χ2v) is 8.31. The summed E-state index contributed by atoms with van der Waals surface area (Å²) in [5.41, 5.74) is 2.53. The second kappa shape index (κ2) is 9.62. The topological polar surface area (TPSA) is 55.8 Å². The van der Waals surface area contributed by atoms with Gasteiger partial charge < -0.3 is 15.3 Å². The number of rotatable bonds is 4. The summed E-state index contributed by atoms with van der Waals surface area (Å²) in [5.74, 6) is -0.279. The van der Waals surface area contributed by atoms with Crippen molar-refractivity contribution in [3.63, 3.8) is 0 Å². The second-order valence-electron chi connectivity index (χ2n) is 8.31. The Morgan fingerprint density at radius 3 is 2.61 bits per heavy atom.